The van der Waals surface area contributed by atoms with Crippen molar-refractivity contribution in [2.45, 2.75) is 6.92 Å². The van der Waals surface area contributed by atoms with Crippen LogP contribution in [-0.4, -0.2) is 0 Å². The Balaban J connectivity index is 2.92. The molecule has 0 atom stereocenters. The topological polar surface area (TPSA) is 0 Å². The number of hydrogen-bond acceptors (Lipinski definition) is 0. The van der Waals surface area contributed by atoms with E-state index in [-0.39, 0.29) is 0 Å². The molecule has 0 saturated carbocycles. The quantitative estimate of drug-likeness (QED) is 0.581. The second kappa shape index (κ2) is 5.23. The molecule has 1 aliphatic carbocycles. The molecule has 0 saturated heterocycles. The predicted octanol–water partition coefficient (Wildman–Crippen LogP) is 3.93. The normalized spacial score (nSPS) is 19.4. The summed E-state index contributed by atoms with van der Waals surface area (Å²) in [4.78, 5) is 0. The third-order valence-electron chi connectivity index (χ3n) is 2.02. The van der Waals surface area contributed by atoms with Gasteiger partial charge in [0.1, 0.15) is 0 Å². The van der Waals surface area contributed by atoms with E-state index in [9.17, 15) is 0 Å². The van der Waals surface area contributed by atoms with Crippen LogP contribution in [0.4, 0.5) is 0 Å². The van der Waals surface area contributed by atoms with E-state index in [1.807, 2.05) is 18.2 Å². The second-order valence-electron chi connectivity index (χ2n) is 3.12. The Hall–Kier alpha value is -1.56. The van der Waals surface area contributed by atoms with Crippen molar-refractivity contribution in [2.24, 2.45) is 0 Å². The molecule has 0 aromatic heterocycles. The molecular formula is C14H15. The fourth-order valence-corrected chi connectivity index (χ4v) is 1.20. The van der Waals surface area contributed by atoms with Crippen LogP contribution in [0.25, 0.3) is 0 Å². The molecule has 0 unspecified atom stereocenters. The molecule has 1 radical (unpaired) electrons. The van der Waals surface area contributed by atoms with Crippen LogP contribution >= 0.6 is 0 Å². The van der Waals surface area contributed by atoms with Gasteiger partial charge in [-0.25, -0.2) is 0 Å². The van der Waals surface area contributed by atoms with Gasteiger partial charge in [-0.05, 0) is 18.1 Å². The zero-order chi connectivity index (χ0) is 10.4. The van der Waals surface area contributed by atoms with Crippen LogP contribution in [0.2, 0.25) is 0 Å². The van der Waals surface area contributed by atoms with Crippen molar-refractivity contribution in [1.29, 1.82) is 0 Å². The molecule has 1 rings (SSSR count). The minimum atomic E-state index is 1.12. The highest BCUT2D eigenvalue weighted by molar-refractivity contribution is 5.51. The van der Waals surface area contributed by atoms with Crippen molar-refractivity contribution >= 4 is 0 Å². The Bertz CT molecular complexity index is 346. The molecule has 0 bridgehead atoms. The summed E-state index contributed by atoms with van der Waals surface area (Å²) in [5.41, 5.74) is 3.57. The fourth-order valence-electron chi connectivity index (χ4n) is 1.20. The van der Waals surface area contributed by atoms with Gasteiger partial charge >= 0.3 is 0 Å². The molecule has 0 aliphatic heterocycles. The van der Waals surface area contributed by atoms with Gasteiger partial charge in [-0.15, -0.1) is 0 Å². The van der Waals surface area contributed by atoms with Crippen molar-refractivity contribution in [1.82, 2.24) is 0 Å². The minimum absolute atomic E-state index is 1.12. The Morgan fingerprint density at radius 1 is 1.29 bits per heavy atom. The molecule has 0 N–H and O–H groups in total. The Kier molecular flexibility index (Phi) is 3.93. The maximum absolute atomic E-state index is 3.79. The summed E-state index contributed by atoms with van der Waals surface area (Å²) in [6.45, 7) is 9.51. The summed E-state index contributed by atoms with van der Waals surface area (Å²) in [6.07, 6.45) is 15.9. The average molecular weight is 183 g/mol. The van der Waals surface area contributed by atoms with Crippen molar-refractivity contribution in [3.8, 4) is 0 Å². The third kappa shape index (κ3) is 2.74. The zero-order valence-electron chi connectivity index (χ0n) is 8.53. The molecule has 0 aromatic carbocycles. The highest BCUT2D eigenvalue weighted by Gasteiger charge is 2.01. The van der Waals surface area contributed by atoms with Gasteiger partial charge in [0.15, 0.2) is 0 Å². The summed E-state index contributed by atoms with van der Waals surface area (Å²) in [5, 5.41) is 0. The van der Waals surface area contributed by atoms with Crippen molar-refractivity contribution in [3.05, 3.63) is 78.8 Å². The van der Waals surface area contributed by atoms with Gasteiger partial charge in [0.2, 0.25) is 0 Å². The fraction of sp³-hybridized carbons (Fsp3) is 0.0714. The molecule has 0 fully saturated rings. The van der Waals surface area contributed by atoms with E-state index in [0.29, 0.717) is 0 Å². The van der Waals surface area contributed by atoms with Crippen LogP contribution in [0.5, 0.6) is 0 Å². The standard InChI is InChI=1S/C14H15/c1-4-6-7-13(5-2)14-10-8-12(3)9-11-14/h4-11H,1-2H2,3H3/b7-6-. The maximum Gasteiger partial charge on any atom is 0.0133 e. The van der Waals surface area contributed by atoms with Crippen LogP contribution < -0.4 is 0 Å². The summed E-state index contributed by atoms with van der Waals surface area (Å²) >= 11 is 0. The molecule has 0 aromatic rings. The molecule has 14 heavy (non-hydrogen) atoms. The van der Waals surface area contributed by atoms with E-state index >= 15 is 0 Å². The van der Waals surface area contributed by atoms with Gasteiger partial charge < -0.3 is 0 Å². The van der Waals surface area contributed by atoms with Crippen molar-refractivity contribution < 1.29 is 0 Å². The SMILES string of the molecule is C=C/C=C\C(C=C)=C1/[CH]C=C(C)C=C1. The van der Waals surface area contributed by atoms with Crippen LogP contribution in [0.3, 0.4) is 0 Å². The molecule has 1 aliphatic rings. The summed E-state index contributed by atoms with van der Waals surface area (Å²) in [7, 11) is 0. The monoisotopic (exact) mass is 183 g/mol. The van der Waals surface area contributed by atoms with Crippen molar-refractivity contribution in [3.63, 3.8) is 0 Å². The van der Waals surface area contributed by atoms with E-state index in [0.717, 1.165) is 5.57 Å². The Morgan fingerprint density at radius 2 is 2.07 bits per heavy atom. The smallest absolute Gasteiger partial charge is 0.0133 e. The Labute approximate surface area is 86.3 Å². The highest BCUT2D eigenvalue weighted by Crippen LogP contribution is 2.19. The first-order chi connectivity index (χ1) is 6.77. The second-order valence-corrected chi connectivity index (χ2v) is 3.12. The third-order valence-corrected chi connectivity index (χ3v) is 2.02. The first-order valence-electron chi connectivity index (χ1n) is 4.63. The summed E-state index contributed by atoms with van der Waals surface area (Å²) < 4.78 is 0. The van der Waals surface area contributed by atoms with E-state index in [4.69, 9.17) is 0 Å². The van der Waals surface area contributed by atoms with Gasteiger partial charge in [-0.2, -0.15) is 0 Å². The highest BCUT2D eigenvalue weighted by atomic mass is 14.1. The molecule has 0 heteroatoms. The lowest BCUT2D eigenvalue weighted by Crippen LogP contribution is -1.89. The van der Waals surface area contributed by atoms with E-state index in [1.54, 1.807) is 6.08 Å². The molecular weight excluding hydrogens is 168 g/mol. The van der Waals surface area contributed by atoms with Crippen LogP contribution in [0, 0.1) is 6.42 Å². The molecule has 0 nitrogen and oxygen atoms in total. The summed E-state index contributed by atoms with van der Waals surface area (Å²) in [5.74, 6) is 0. The number of allylic oxidation sites excluding steroid dienone is 10. The van der Waals surface area contributed by atoms with Crippen LogP contribution in [-0.2, 0) is 0 Å². The molecule has 0 amide bonds. The largest absolute Gasteiger partial charge is 0.0991 e. The zero-order valence-corrected chi connectivity index (χ0v) is 8.53. The first kappa shape index (κ1) is 10.5. The van der Waals surface area contributed by atoms with Gasteiger partial charge in [-0.3, -0.25) is 0 Å². The van der Waals surface area contributed by atoms with Gasteiger partial charge in [-0.1, -0.05) is 61.3 Å². The maximum atomic E-state index is 3.79. The van der Waals surface area contributed by atoms with Gasteiger partial charge in [0.25, 0.3) is 0 Å². The molecule has 0 spiro atoms. The van der Waals surface area contributed by atoms with Gasteiger partial charge in [0, 0.05) is 6.42 Å². The van der Waals surface area contributed by atoms with E-state index in [2.05, 4.69) is 44.7 Å². The van der Waals surface area contributed by atoms with E-state index in [1.165, 1.54) is 11.1 Å². The average Bonchev–Trinajstić information content (AvgIpc) is 2.21. The summed E-state index contributed by atoms with van der Waals surface area (Å²) in [6, 6.07) is 0. The van der Waals surface area contributed by atoms with E-state index < -0.39 is 0 Å². The predicted molar refractivity (Wildman–Crippen MR) is 63.8 cm³/mol. The lowest BCUT2D eigenvalue weighted by atomic mass is 9.98. The molecule has 71 valence electrons. The number of rotatable bonds is 3. The lowest BCUT2D eigenvalue weighted by molar-refractivity contribution is 1.38. The minimum Gasteiger partial charge on any atom is -0.0991 e. The first-order valence-corrected chi connectivity index (χ1v) is 4.63. The lowest BCUT2D eigenvalue weighted by Gasteiger charge is -2.07. The Morgan fingerprint density at radius 3 is 2.57 bits per heavy atom. The van der Waals surface area contributed by atoms with Gasteiger partial charge in [0.05, 0.1) is 0 Å². The van der Waals surface area contributed by atoms with Crippen molar-refractivity contribution in [2.75, 3.05) is 0 Å². The van der Waals surface area contributed by atoms with Crippen LogP contribution in [0.1, 0.15) is 6.92 Å². The number of hydrogen-bond donors (Lipinski definition) is 0. The molecule has 0 heterocycles. The van der Waals surface area contributed by atoms with Crippen LogP contribution in [0.15, 0.2) is 72.4 Å².